The lowest BCUT2D eigenvalue weighted by atomic mass is 9.86. The third-order valence-electron chi connectivity index (χ3n) is 4.19. The predicted molar refractivity (Wildman–Crippen MR) is 79.9 cm³/mol. The van der Waals surface area contributed by atoms with Crippen molar-refractivity contribution in [2.45, 2.75) is 39.7 Å². The molecule has 1 saturated heterocycles. The minimum atomic E-state index is -0.282. The summed E-state index contributed by atoms with van der Waals surface area (Å²) in [6.45, 7) is 7.21. The van der Waals surface area contributed by atoms with Crippen molar-refractivity contribution in [1.82, 2.24) is 19.7 Å². The molecule has 1 fully saturated rings. The fourth-order valence-electron chi connectivity index (χ4n) is 2.68. The number of piperidine rings is 1. The fraction of sp³-hybridized carbons (Fsp3) is 0.786. The van der Waals surface area contributed by atoms with Crippen LogP contribution >= 0.6 is 0 Å². The lowest BCUT2D eigenvalue weighted by Gasteiger charge is -2.35. The fourth-order valence-corrected chi connectivity index (χ4v) is 2.68. The summed E-state index contributed by atoms with van der Waals surface area (Å²) in [5.41, 5.74) is 0. The van der Waals surface area contributed by atoms with Crippen molar-refractivity contribution in [3.05, 3.63) is 5.82 Å². The molecule has 2 rings (SSSR count). The Morgan fingerprint density at radius 3 is 2.48 bits per heavy atom. The first-order valence-corrected chi connectivity index (χ1v) is 7.50. The van der Waals surface area contributed by atoms with Crippen LogP contribution in [0.15, 0.2) is 0 Å². The Balaban J connectivity index is 1.86. The maximum absolute atomic E-state index is 12.2. The van der Waals surface area contributed by atoms with E-state index in [9.17, 15) is 9.90 Å². The second kappa shape index (κ2) is 6.43. The van der Waals surface area contributed by atoms with Crippen LogP contribution in [-0.4, -0.2) is 50.0 Å². The van der Waals surface area contributed by atoms with E-state index in [2.05, 4.69) is 15.4 Å². The predicted octanol–water partition coefficient (Wildman–Crippen LogP) is 1.38. The molecule has 1 aliphatic rings. The number of aryl methyl sites for hydroxylation is 2. The second-order valence-corrected chi connectivity index (χ2v) is 6.10. The molecule has 21 heavy (non-hydrogen) atoms. The Morgan fingerprint density at radius 2 is 2.00 bits per heavy atom. The van der Waals surface area contributed by atoms with Crippen LogP contribution in [0.2, 0.25) is 0 Å². The molecule has 0 aliphatic carbocycles. The molecule has 2 amide bonds. The summed E-state index contributed by atoms with van der Waals surface area (Å²) in [5.74, 6) is 1.63. The van der Waals surface area contributed by atoms with Gasteiger partial charge in [-0.05, 0) is 31.6 Å². The number of rotatable bonds is 3. The SMILES string of the molecule is Cc1nc(NC(=O)N2CCC([C@H](O)C(C)C)CC2)nn1C. The van der Waals surface area contributed by atoms with Gasteiger partial charge in [0, 0.05) is 20.1 Å². The van der Waals surface area contributed by atoms with Crippen LogP contribution in [0.5, 0.6) is 0 Å². The van der Waals surface area contributed by atoms with Crippen LogP contribution in [-0.2, 0) is 7.05 Å². The van der Waals surface area contributed by atoms with Crippen molar-refractivity contribution >= 4 is 12.0 Å². The van der Waals surface area contributed by atoms with E-state index >= 15 is 0 Å². The lowest BCUT2D eigenvalue weighted by molar-refractivity contribution is 0.0355. The Labute approximate surface area is 125 Å². The lowest BCUT2D eigenvalue weighted by Crippen LogP contribution is -2.44. The third-order valence-corrected chi connectivity index (χ3v) is 4.19. The summed E-state index contributed by atoms with van der Waals surface area (Å²) < 4.78 is 1.63. The van der Waals surface area contributed by atoms with Gasteiger partial charge in [0.1, 0.15) is 5.82 Å². The van der Waals surface area contributed by atoms with Gasteiger partial charge in [-0.1, -0.05) is 13.8 Å². The van der Waals surface area contributed by atoms with E-state index < -0.39 is 0 Å². The summed E-state index contributed by atoms with van der Waals surface area (Å²) in [6.07, 6.45) is 1.39. The first-order valence-electron chi connectivity index (χ1n) is 7.50. The highest BCUT2D eigenvalue weighted by Crippen LogP contribution is 2.24. The Kier molecular flexibility index (Phi) is 4.82. The van der Waals surface area contributed by atoms with Gasteiger partial charge >= 0.3 is 6.03 Å². The highest BCUT2D eigenvalue weighted by Gasteiger charge is 2.29. The third kappa shape index (κ3) is 3.72. The molecule has 0 spiro atoms. The number of hydrogen-bond donors (Lipinski definition) is 2. The zero-order chi connectivity index (χ0) is 15.6. The molecular weight excluding hydrogens is 270 g/mol. The number of aromatic nitrogens is 3. The highest BCUT2D eigenvalue weighted by atomic mass is 16.3. The first-order chi connectivity index (χ1) is 9.88. The molecule has 0 aromatic carbocycles. The Morgan fingerprint density at radius 1 is 1.38 bits per heavy atom. The normalized spacial score (nSPS) is 18.1. The minimum absolute atomic E-state index is 0.168. The van der Waals surface area contributed by atoms with Crippen molar-refractivity contribution in [3.8, 4) is 0 Å². The maximum Gasteiger partial charge on any atom is 0.324 e. The van der Waals surface area contributed by atoms with Crippen molar-refractivity contribution in [3.63, 3.8) is 0 Å². The molecule has 7 nitrogen and oxygen atoms in total. The zero-order valence-corrected chi connectivity index (χ0v) is 13.2. The number of hydrogen-bond acceptors (Lipinski definition) is 4. The summed E-state index contributed by atoms with van der Waals surface area (Å²) in [4.78, 5) is 18.1. The smallest absolute Gasteiger partial charge is 0.324 e. The molecule has 1 aromatic heterocycles. The van der Waals surface area contributed by atoms with Crippen molar-refractivity contribution in [2.24, 2.45) is 18.9 Å². The number of aliphatic hydroxyl groups excluding tert-OH is 1. The van der Waals surface area contributed by atoms with Gasteiger partial charge in [-0.15, -0.1) is 5.10 Å². The van der Waals surface area contributed by atoms with Crippen LogP contribution in [0.1, 0.15) is 32.5 Å². The van der Waals surface area contributed by atoms with Crippen LogP contribution in [0, 0.1) is 18.8 Å². The molecule has 0 saturated carbocycles. The number of carbonyl (C=O) groups excluding carboxylic acids is 1. The molecule has 1 aliphatic heterocycles. The van der Waals surface area contributed by atoms with Gasteiger partial charge in [0.15, 0.2) is 0 Å². The molecule has 2 N–H and O–H groups in total. The van der Waals surface area contributed by atoms with Gasteiger partial charge in [-0.3, -0.25) is 10.00 Å². The van der Waals surface area contributed by atoms with Crippen LogP contribution in [0.25, 0.3) is 0 Å². The number of nitrogens with one attached hydrogen (secondary N) is 1. The zero-order valence-electron chi connectivity index (χ0n) is 13.2. The highest BCUT2D eigenvalue weighted by molar-refractivity contribution is 5.87. The number of likely N-dealkylation sites (tertiary alicyclic amines) is 1. The number of amides is 2. The molecule has 0 unspecified atom stereocenters. The molecule has 1 aromatic rings. The monoisotopic (exact) mass is 295 g/mol. The van der Waals surface area contributed by atoms with Gasteiger partial charge in [0.05, 0.1) is 6.10 Å². The standard InChI is InChI=1S/C14H25N5O2/c1-9(2)12(20)11-5-7-19(8-6-11)14(21)16-13-15-10(3)18(4)17-13/h9,11-12,20H,5-8H2,1-4H3,(H,16,17,21)/t12-/m1/s1. The van der Waals surface area contributed by atoms with Crippen molar-refractivity contribution in [2.75, 3.05) is 18.4 Å². The quantitative estimate of drug-likeness (QED) is 0.882. The van der Waals surface area contributed by atoms with E-state index in [0.29, 0.717) is 19.0 Å². The largest absolute Gasteiger partial charge is 0.393 e. The van der Waals surface area contributed by atoms with Gasteiger partial charge in [0.25, 0.3) is 0 Å². The van der Waals surface area contributed by atoms with Crippen molar-refractivity contribution in [1.29, 1.82) is 0 Å². The van der Waals surface area contributed by atoms with Gasteiger partial charge < -0.3 is 10.0 Å². The molecular formula is C14H25N5O2. The average Bonchev–Trinajstić information content (AvgIpc) is 2.76. The minimum Gasteiger partial charge on any atom is -0.393 e. The number of aliphatic hydroxyl groups is 1. The maximum atomic E-state index is 12.2. The molecule has 0 radical (unpaired) electrons. The molecule has 7 heteroatoms. The van der Waals surface area contributed by atoms with Gasteiger partial charge in [-0.2, -0.15) is 4.98 Å². The first kappa shape index (κ1) is 15.8. The molecule has 2 heterocycles. The second-order valence-electron chi connectivity index (χ2n) is 6.10. The number of urea groups is 1. The topological polar surface area (TPSA) is 83.3 Å². The summed E-state index contributed by atoms with van der Waals surface area (Å²) in [5, 5.41) is 16.9. The summed E-state index contributed by atoms with van der Waals surface area (Å²) >= 11 is 0. The van der Waals surface area contributed by atoms with Crippen LogP contribution < -0.4 is 5.32 Å². The van der Waals surface area contributed by atoms with E-state index in [1.165, 1.54) is 0 Å². The number of nitrogens with zero attached hydrogens (tertiary/aromatic N) is 4. The molecule has 0 bridgehead atoms. The molecule has 118 valence electrons. The van der Waals surface area contributed by atoms with Crippen LogP contribution in [0.4, 0.5) is 10.7 Å². The number of carbonyl (C=O) groups is 1. The Bertz CT molecular complexity index is 472. The number of anilines is 1. The van der Waals surface area contributed by atoms with E-state index in [1.807, 2.05) is 20.8 Å². The summed E-state index contributed by atoms with van der Waals surface area (Å²) in [6, 6.07) is -0.168. The van der Waals surface area contributed by atoms with Gasteiger partial charge in [0.2, 0.25) is 5.95 Å². The summed E-state index contributed by atoms with van der Waals surface area (Å²) in [7, 11) is 1.79. The van der Waals surface area contributed by atoms with E-state index in [0.717, 1.165) is 18.7 Å². The molecule has 1 atom stereocenters. The van der Waals surface area contributed by atoms with Crippen LogP contribution in [0.3, 0.4) is 0 Å². The van der Waals surface area contributed by atoms with E-state index in [-0.39, 0.29) is 24.0 Å². The van der Waals surface area contributed by atoms with E-state index in [4.69, 9.17) is 0 Å². The van der Waals surface area contributed by atoms with Crippen molar-refractivity contribution < 1.29 is 9.90 Å². The van der Waals surface area contributed by atoms with Gasteiger partial charge in [-0.25, -0.2) is 4.79 Å². The average molecular weight is 295 g/mol. The van der Waals surface area contributed by atoms with E-state index in [1.54, 1.807) is 16.6 Å². The Hall–Kier alpha value is -1.63.